The van der Waals surface area contributed by atoms with Gasteiger partial charge in [0.05, 0.1) is 0 Å². The Balaban J connectivity index is 1.54. The zero-order valence-electron chi connectivity index (χ0n) is 70.5. The molecule has 0 aromatic heterocycles. The third kappa shape index (κ3) is 30.4. The van der Waals surface area contributed by atoms with Crippen molar-refractivity contribution in [3.63, 3.8) is 0 Å². The van der Waals surface area contributed by atoms with Gasteiger partial charge in [-0.15, -0.1) is 0 Å². The molecule has 6 fully saturated rings. The van der Waals surface area contributed by atoms with Crippen molar-refractivity contribution in [3.05, 3.63) is 0 Å². The summed E-state index contributed by atoms with van der Waals surface area (Å²) in [6.45, 7) is 10.8. The number of carbonyl (C=O) groups is 19. The molecule has 0 spiro atoms. The van der Waals surface area contributed by atoms with Gasteiger partial charge in [0.1, 0.15) is 107 Å². The second-order valence-corrected chi connectivity index (χ2v) is 28.1. The first-order valence-corrected chi connectivity index (χ1v) is 37.9. The molecule has 6 heterocycles. The molecule has 6 aliphatic rings. The molecule has 6 rings (SSSR count). The number of ether oxygens (including phenoxy) is 30. The van der Waals surface area contributed by atoms with E-state index in [-0.39, 0.29) is 0 Å². The minimum atomic E-state index is -2.43. The molecule has 6 aliphatic heterocycles. The second kappa shape index (κ2) is 47.0. The lowest BCUT2D eigenvalue weighted by atomic mass is 9.94. The smallest absolute Gasteiger partial charge is 0.303 e. The molecule has 50 heteroatoms. The Kier molecular flexibility index (Phi) is 38.7. The van der Waals surface area contributed by atoms with Crippen molar-refractivity contribution in [2.45, 2.75) is 316 Å². The van der Waals surface area contributed by atoms with E-state index in [9.17, 15) is 96.2 Å². The lowest BCUT2D eigenvalue weighted by Crippen LogP contribution is -2.70. The third-order valence-corrected chi connectivity index (χ3v) is 17.7. The molecule has 696 valence electrons. The number of rotatable bonds is 35. The van der Waals surface area contributed by atoms with E-state index >= 15 is 0 Å². The van der Waals surface area contributed by atoms with Crippen LogP contribution < -0.4 is 0 Å². The molecule has 0 amide bonds. The minimum absolute atomic E-state index is 0.804. The lowest BCUT2D eigenvalue weighted by molar-refractivity contribution is -0.396. The molecular weight excluding hydrogens is 1690 g/mol. The largest absolute Gasteiger partial charge is 0.463 e. The van der Waals surface area contributed by atoms with Crippen LogP contribution in [0.1, 0.15) is 132 Å². The van der Waals surface area contributed by atoms with Crippen LogP contribution in [-0.4, -0.2) is 342 Å². The molecule has 30 atom stereocenters. The number of hydrogen-bond donors (Lipinski definition) is 1. The minimum Gasteiger partial charge on any atom is -0.463 e. The Morgan fingerprint density at radius 2 is 0.298 bits per heavy atom. The highest BCUT2D eigenvalue weighted by atomic mass is 16.8. The molecule has 0 bridgehead atoms. The van der Waals surface area contributed by atoms with Gasteiger partial charge in [0.25, 0.3) is 0 Å². The van der Waals surface area contributed by atoms with Crippen molar-refractivity contribution in [2.75, 3.05) is 39.6 Å². The molecule has 50 nitrogen and oxygen atoms in total. The maximum absolute atomic E-state index is 13.8. The predicted octanol–water partition coefficient (Wildman–Crippen LogP) is -3.26. The zero-order valence-corrected chi connectivity index (χ0v) is 70.5. The van der Waals surface area contributed by atoms with Gasteiger partial charge >= 0.3 is 113 Å². The number of hydrogen-bond acceptors (Lipinski definition) is 50. The Morgan fingerprint density at radius 3 is 0.468 bits per heavy atom. The molecule has 124 heavy (non-hydrogen) atoms. The third-order valence-electron chi connectivity index (χ3n) is 17.7. The van der Waals surface area contributed by atoms with Gasteiger partial charge < -0.3 is 147 Å². The molecular formula is C74H100O50. The summed E-state index contributed by atoms with van der Waals surface area (Å²) in [5.74, 6) is -21.7. The molecule has 0 aliphatic carbocycles. The van der Waals surface area contributed by atoms with E-state index in [1.54, 1.807) is 0 Å². The summed E-state index contributed by atoms with van der Waals surface area (Å²) in [5.41, 5.74) is 0. The molecule has 6 saturated heterocycles. The fourth-order valence-electron chi connectivity index (χ4n) is 13.6. The van der Waals surface area contributed by atoms with E-state index in [4.69, 9.17) is 142 Å². The van der Waals surface area contributed by atoms with Gasteiger partial charge in [-0.1, -0.05) is 0 Å². The van der Waals surface area contributed by atoms with Crippen LogP contribution in [0, 0.1) is 0 Å². The monoisotopic (exact) mass is 1790 g/mol. The predicted molar refractivity (Wildman–Crippen MR) is 381 cm³/mol. The van der Waals surface area contributed by atoms with Crippen LogP contribution in [0.3, 0.4) is 0 Å². The second-order valence-electron chi connectivity index (χ2n) is 28.1. The summed E-state index contributed by atoms with van der Waals surface area (Å²) in [6, 6.07) is 0. The van der Waals surface area contributed by atoms with Crippen LogP contribution in [0.25, 0.3) is 0 Å². The van der Waals surface area contributed by atoms with Gasteiger partial charge in [-0.2, -0.15) is 0 Å². The molecule has 12 unspecified atom stereocenters. The molecule has 0 aromatic carbocycles. The van der Waals surface area contributed by atoms with Gasteiger partial charge in [0.15, 0.2) is 117 Å². The standard InChI is InChI=1S/C74H100O50/c1-26(75)95-20-45-52(57(102-33(8)82)63(69(94)114-45)108-39(14)88)120-71-65(110-41(16)90)59(104-35(10)84)54(47(116-71)22-97-28(3)77)122-73-67(112-43(18)92)61(106-37(12)86)56(49(118-73)24-99-30(5)79)124-74-68(113-44(19)93)62(107-38(13)87)55(50(119-74)25-100-31(6)80)123-72-66(111-42(17)91)60(105-36(11)85)53(48(117-72)23-98-29(4)78)121-70-64(109-40(15)89)58(103-34(9)83)51(101-32(7)81)46(115-70)21-96-27(2)76/h45-74,94H,20-25H2,1-19H3/t45?,46?,47?,48?,49?,50?,51-,52-,53-,54-,55-,56-,57+,58+,59+,60+,61+,62+,63?,64?,65?,66?,67?,68?,69+,70-,71-,72-,73-,74-/m1/s1. The number of carbonyl (C=O) groups excluding carboxylic acids is 19. The van der Waals surface area contributed by atoms with Crippen LogP contribution in [0.2, 0.25) is 0 Å². The Bertz CT molecular complexity index is 3840. The van der Waals surface area contributed by atoms with Crippen LogP contribution >= 0.6 is 0 Å². The van der Waals surface area contributed by atoms with Crippen molar-refractivity contribution in [3.8, 4) is 0 Å². The Hall–Kier alpha value is -10.6. The maximum Gasteiger partial charge on any atom is 0.303 e. The first kappa shape index (κ1) is 102. The number of aliphatic hydroxyl groups is 1. The first-order chi connectivity index (χ1) is 58.0. The van der Waals surface area contributed by atoms with Gasteiger partial charge in [-0.05, 0) is 0 Å². The zero-order chi connectivity index (χ0) is 92.7. The molecule has 0 saturated carbocycles. The van der Waals surface area contributed by atoms with Gasteiger partial charge in [0, 0.05) is 132 Å². The van der Waals surface area contributed by atoms with Gasteiger partial charge in [-0.3, -0.25) is 91.1 Å². The fraction of sp³-hybridized carbons (Fsp3) is 0.743. The maximum atomic E-state index is 13.8. The Labute approximate surface area is 705 Å². The van der Waals surface area contributed by atoms with Crippen molar-refractivity contribution in [1.29, 1.82) is 0 Å². The van der Waals surface area contributed by atoms with E-state index < -0.39 is 337 Å². The van der Waals surface area contributed by atoms with Crippen molar-refractivity contribution < 1.29 is 238 Å². The van der Waals surface area contributed by atoms with Crippen molar-refractivity contribution in [2.24, 2.45) is 0 Å². The summed E-state index contributed by atoms with van der Waals surface area (Å²) < 4.78 is 177. The van der Waals surface area contributed by atoms with Gasteiger partial charge in [0.2, 0.25) is 0 Å². The topological polar surface area (TPSA) is 621 Å². The van der Waals surface area contributed by atoms with Crippen LogP contribution in [0.5, 0.6) is 0 Å². The molecule has 1 N–H and O–H groups in total. The summed E-state index contributed by atoms with van der Waals surface area (Å²) in [5, 5.41) is 11.2. The van der Waals surface area contributed by atoms with E-state index in [1.165, 1.54) is 0 Å². The average Bonchev–Trinajstić information content (AvgIpc) is 0.753. The van der Waals surface area contributed by atoms with E-state index in [0.29, 0.717) is 0 Å². The van der Waals surface area contributed by atoms with Crippen LogP contribution in [0.15, 0.2) is 0 Å². The van der Waals surface area contributed by atoms with Crippen LogP contribution in [0.4, 0.5) is 0 Å². The molecule has 0 radical (unpaired) electrons. The summed E-state index contributed by atoms with van der Waals surface area (Å²) in [7, 11) is 0. The van der Waals surface area contributed by atoms with Crippen molar-refractivity contribution in [1.82, 2.24) is 0 Å². The van der Waals surface area contributed by atoms with E-state index in [2.05, 4.69) is 0 Å². The summed E-state index contributed by atoms with van der Waals surface area (Å²) in [6.07, 6.45) is -64.0. The fourth-order valence-corrected chi connectivity index (χ4v) is 13.6. The lowest BCUT2D eigenvalue weighted by Gasteiger charge is -2.51. The number of aliphatic hydroxyl groups excluding tert-OH is 1. The highest BCUT2D eigenvalue weighted by molar-refractivity contribution is 5.73. The summed E-state index contributed by atoms with van der Waals surface area (Å²) >= 11 is 0. The quantitative estimate of drug-likeness (QED) is 0.0481. The highest BCUT2D eigenvalue weighted by Gasteiger charge is 2.64. The van der Waals surface area contributed by atoms with Crippen molar-refractivity contribution >= 4 is 113 Å². The summed E-state index contributed by atoms with van der Waals surface area (Å²) in [4.78, 5) is 249. The normalized spacial score (nSPS) is 33.1. The molecule has 0 aromatic rings. The Morgan fingerprint density at radius 1 is 0.169 bits per heavy atom. The average molecular weight is 1790 g/mol. The first-order valence-electron chi connectivity index (χ1n) is 37.9. The van der Waals surface area contributed by atoms with Crippen LogP contribution in [-0.2, 0) is 233 Å². The SMILES string of the molecule is CC(=O)OCC1O[C@H](O[C@@H]2C(COC(C)=O)O[C@H](O[C@@H]3C(COC(C)=O)O[C@H](O[C@@H]4C(COC(C)=O)O[C@H](O[C@@H]5C(COC(C)=O)O[C@H](O[C@@H]6C(COC(C)=O)O[C@H](O)C(OC(C)=O)[C@H]6OC(C)=O)C(OC(C)=O)[C@H]5OC(C)=O)C(OC(C)=O)[C@H]4OC(C)=O)C(OC(C)=O)[C@H]3OC(C)=O)C(OC(C)=O)[C@H]2OC(C)=O)C(OC(C)=O)[C@@H](OC(C)=O)[C@@H]1OC(C)=O. The van der Waals surface area contributed by atoms with Gasteiger partial charge in [-0.25, -0.2) is 0 Å². The van der Waals surface area contributed by atoms with E-state index in [1.807, 2.05) is 0 Å². The number of esters is 19. The van der Waals surface area contributed by atoms with E-state index in [0.717, 1.165) is 132 Å². The highest BCUT2D eigenvalue weighted by Crippen LogP contribution is 2.43.